The Kier molecular flexibility index (Phi) is 5.63. The van der Waals surface area contributed by atoms with E-state index >= 15 is 0 Å². The summed E-state index contributed by atoms with van der Waals surface area (Å²) in [5.41, 5.74) is 0.421. The first-order chi connectivity index (χ1) is 10.2. The van der Waals surface area contributed by atoms with Gasteiger partial charge in [0.1, 0.15) is 5.75 Å². The first kappa shape index (κ1) is 15.4. The van der Waals surface area contributed by atoms with Crippen molar-refractivity contribution in [3.63, 3.8) is 0 Å². The van der Waals surface area contributed by atoms with Gasteiger partial charge in [-0.2, -0.15) is 0 Å². The zero-order valence-corrected chi connectivity index (χ0v) is 12.9. The number of thioether (sulfide) groups is 1. The van der Waals surface area contributed by atoms with Gasteiger partial charge in [-0.25, -0.2) is 9.78 Å². The molecule has 0 saturated carbocycles. The molecule has 0 unspecified atom stereocenters. The van der Waals surface area contributed by atoms with Crippen molar-refractivity contribution in [2.45, 2.75) is 18.7 Å². The molecule has 21 heavy (non-hydrogen) atoms. The van der Waals surface area contributed by atoms with Gasteiger partial charge in [-0.3, -0.25) is 0 Å². The molecule has 1 aromatic carbocycles. The monoisotopic (exact) mass is 303 g/mol. The summed E-state index contributed by atoms with van der Waals surface area (Å²) in [7, 11) is 0. The highest BCUT2D eigenvalue weighted by atomic mass is 32.2. The van der Waals surface area contributed by atoms with Crippen LogP contribution in [0.5, 0.6) is 11.6 Å². The van der Waals surface area contributed by atoms with Crippen molar-refractivity contribution in [1.82, 2.24) is 4.98 Å². The number of rotatable bonds is 6. The summed E-state index contributed by atoms with van der Waals surface area (Å²) in [6, 6.07) is 10.7. The number of pyridine rings is 1. The molecule has 0 saturated heterocycles. The van der Waals surface area contributed by atoms with Crippen LogP contribution >= 0.6 is 11.8 Å². The predicted octanol–water partition coefficient (Wildman–Crippen LogP) is 3.81. The van der Waals surface area contributed by atoms with Gasteiger partial charge < -0.3 is 9.47 Å². The number of hydrogen-bond donors (Lipinski definition) is 0. The first-order valence-corrected chi connectivity index (χ1v) is 7.76. The number of ether oxygens (including phenoxy) is 2. The topological polar surface area (TPSA) is 48.4 Å². The minimum absolute atomic E-state index is 0.414. The Bertz CT molecular complexity index is 616. The van der Waals surface area contributed by atoms with Crippen molar-refractivity contribution in [3.8, 4) is 11.6 Å². The van der Waals surface area contributed by atoms with Gasteiger partial charge >= 0.3 is 5.97 Å². The lowest BCUT2D eigenvalue weighted by Crippen LogP contribution is -2.09. The Morgan fingerprint density at radius 2 is 2.05 bits per heavy atom. The summed E-state index contributed by atoms with van der Waals surface area (Å²) in [6.45, 7) is 4.42. The lowest BCUT2D eigenvalue weighted by Gasteiger charge is -2.09. The molecule has 1 aromatic heterocycles. The molecule has 0 atom stereocenters. The standard InChI is InChI=1S/C16H17NO3S/c1-3-19-15-11-12(9-10-17-15)16(18)20-13-7-5-6-8-14(13)21-4-2/h5-11H,3-4H2,1-2H3. The van der Waals surface area contributed by atoms with Gasteiger partial charge in [0.2, 0.25) is 5.88 Å². The lowest BCUT2D eigenvalue weighted by atomic mass is 10.2. The normalized spacial score (nSPS) is 10.2. The second-order valence-electron chi connectivity index (χ2n) is 4.09. The van der Waals surface area contributed by atoms with Crippen molar-refractivity contribution < 1.29 is 14.3 Å². The van der Waals surface area contributed by atoms with Crippen molar-refractivity contribution in [1.29, 1.82) is 0 Å². The smallest absolute Gasteiger partial charge is 0.343 e. The van der Waals surface area contributed by atoms with E-state index in [9.17, 15) is 4.79 Å². The Morgan fingerprint density at radius 3 is 2.81 bits per heavy atom. The van der Waals surface area contributed by atoms with Crippen LogP contribution in [0.1, 0.15) is 24.2 Å². The number of para-hydroxylation sites is 1. The average Bonchev–Trinajstić information content (AvgIpc) is 2.50. The number of aromatic nitrogens is 1. The zero-order chi connectivity index (χ0) is 15.1. The van der Waals surface area contributed by atoms with Crippen LogP contribution in [0, 0.1) is 0 Å². The van der Waals surface area contributed by atoms with Crippen molar-refractivity contribution in [2.75, 3.05) is 12.4 Å². The van der Waals surface area contributed by atoms with E-state index in [1.807, 2.05) is 25.1 Å². The molecule has 2 aromatic rings. The molecule has 0 amide bonds. The molecule has 0 fully saturated rings. The number of benzene rings is 1. The Hall–Kier alpha value is -2.01. The molecule has 0 spiro atoms. The SMILES string of the molecule is CCOc1cc(C(=O)Oc2ccccc2SCC)ccn1. The Morgan fingerprint density at radius 1 is 1.24 bits per heavy atom. The van der Waals surface area contributed by atoms with E-state index in [0.29, 0.717) is 23.8 Å². The molecule has 0 aliphatic carbocycles. The van der Waals surface area contributed by atoms with Crippen molar-refractivity contribution in [2.24, 2.45) is 0 Å². The second kappa shape index (κ2) is 7.69. The molecule has 0 N–H and O–H groups in total. The van der Waals surface area contributed by atoms with Gasteiger partial charge in [0.15, 0.2) is 0 Å². The molecule has 1 heterocycles. The van der Waals surface area contributed by atoms with E-state index in [4.69, 9.17) is 9.47 Å². The summed E-state index contributed by atoms with van der Waals surface area (Å²) >= 11 is 1.64. The van der Waals surface area contributed by atoms with Crippen LogP contribution in [0.15, 0.2) is 47.5 Å². The van der Waals surface area contributed by atoms with E-state index < -0.39 is 5.97 Å². The quantitative estimate of drug-likeness (QED) is 0.461. The first-order valence-electron chi connectivity index (χ1n) is 6.77. The van der Waals surface area contributed by atoms with Crippen LogP contribution in [-0.4, -0.2) is 23.3 Å². The summed E-state index contributed by atoms with van der Waals surface area (Å²) in [6.07, 6.45) is 1.54. The maximum Gasteiger partial charge on any atom is 0.343 e. The van der Waals surface area contributed by atoms with Gasteiger partial charge in [0, 0.05) is 12.3 Å². The van der Waals surface area contributed by atoms with Crippen LogP contribution in [0.4, 0.5) is 0 Å². The van der Waals surface area contributed by atoms with E-state index in [0.717, 1.165) is 10.6 Å². The number of carbonyl (C=O) groups excluding carboxylic acids is 1. The third-order valence-electron chi connectivity index (χ3n) is 2.61. The van der Waals surface area contributed by atoms with Crippen LogP contribution in [0.2, 0.25) is 0 Å². The summed E-state index contributed by atoms with van der Waals surface area (Å²) in [4.78, 5) is 17.2. The predicted molar refractivity (Wildman–Crippen MR) is 83.2 cm³/mol. The highest BCUT2D eigenvalue weighted by molar-refractivity contribution is 7.99. The Labute approximate surface area is 128 Å². The average molecular weight is 303 g/mol. The molecule has 0 aliphatic rings. The Balaban J connectivity index is 2.16. The fraction of sp³-hybridized carbons (Fsp3) is 0.250. The second-order valence-corrected chi connectivity index (χ2v) is 5.39. The maximum absolute atomic E-state index is 12.2. The molecule has 5 heteroatoms. The highest BCUT2D eigenvalue weighted by Gasteiger charge is 2.12. The number of hydrogen-bond acceptors (Lipinski definition) is 5. The maximum atomic E-state index is 12.2. The molecule has 4 nitrogen and oxygen atoms in total. The van der Waals surface area contributed by atoms with Crippen LogP contribution in [-0.2, 0) is 0 Å². The molecule has 110 valence electrons. The third kappa shape index (κ3) is 4.23. The minimum Gasteiger partial charge on any atom is -0.478 e. The zero-order valence-electron chi connectivity index (χ0n) is 12.0. The summed E-state index contributed by atoms with van der Waals surface area (Å²) in [5, 5.41) is 0. The number of carbonyl (C=O) groups is 1. The van der Waals surface area contributed by atoms with Gasteiger partial charge in [0.05, 0.1) is 17.1 Å². The van der Waals surface area contributed by atoms with Gasteiger partial charge in [0.25, 0.3) is 0 Å². The van der Waals surface area contributed by atoms with Crippen LogP contribution in [0.25, 0.3) is 0 Å². The van der Waals surface area contributed by atoms with Gasteiger partial charge in [-0.05, 0) is 30.9 Å². The minimum atomic E-state index is -0.414. The molecule has 2 rings (SSSR count). The molecular weight excluding hydrogens is 286 g/mol. The van der Waals surface area contributed by atoms with E-state index in [1.54, 1.807) is 30.0 Å². The van der Waals surface area contributed by atoms with Crippen molar-refractivity contribution in [3.05, 3.63) is 48.2 Å². The fourth-order valence-electron chi connectivity index (χ4n) is 1.73. The third-order valence-corrected chi connectivity index (χ3v) is 3.55. The van der Waals surface area contributed by atoms with Gasteiger partial charge in [-0.1, -0.05) is 19.1 Å². The molecule has 0 aliphatic heterocycles. The van der Waals surface area contributed by atoms with E-state index in [1.165, 1.54) is 6.20 Å². The molecule has 0 bridgehead atoms. The molecular formula is C16H17NO3S. The van der Waals surface area contributed by atoms with Crippen LogP contribution in [0.3, 0.4) is 0 Å². The summed E-state index contributed by atoms with van der Waals surface area (Å²) in [5.74, 6) is 1.49. The highest BCUT2D eigenvalue weighted by Crippen LogP contribution is 2.29. The summed E-state index contributed by atoms with van der Waals surface area (Å²) < 4.78 is 10.8. The van der Waals surface area contributed by atoms with E-state index in [-0.39, 0.29) is 0 Å². The van der Waals surface area contributed by atoms with Crippen LogP contribution < -0.4 is 9.47 Å². The largest absolute Gasteiger partial charge is 0.478 e. The van der Waals surface area contributed by atoms with Gasteiger partial charge in [-0.15, -0.1) is 11.8 Å². The lowest BCUT2D eigenvalue weighted by molar-refractivity contribution is 0.0729. The molecule has 0 radical (unpaired) electrons. The van der Waals surface area contributed by atoms with Crippen molar-refractivity contribution >= 4 is 17.7 Å². The number of nitrogens with zero attached hydrogens (tertiary/aromatic N) is 1. The number of esters is 1. The fourth-order valence-corrected chi connectivity index (χ4v) is 2.47. The van der Waals surface area contributed by atoms with E-state index in [2.05, 4.69) is 11.9 Å².